The fourth-order valence-corrected chi connectivity index (χ4v) is 4.48. The molecular formula is C26H27ClN4O5. The number of hydrogen-bond acceptors (Lipinski definition) is 6. The molecule has 2 aromatic carbocycles. The van der Waals surface area contributed by atoms with Crippen LogP contribution in [0.4, 0.5) is 0 Å². The Balaban J connectivity index is 1.73. The zero-order valence-corrected chi connectivity index (χ0v) is 20.9. The molecule has 188 valence electrons. The summed E-state index contributed by atoms with van der Waals surface area (Å²) < 4.78 is 7.17. The van der Waals surface area contributed by atoms with Gasteiger partial charge in [-0.2, -0.15) is 9.78 Å². The summed E-state index contributed by atoms with van der Waals surface area (Å²) >= 11 is 6.10. The Hall–Kier alpha value is -3.72. The summed E-state index contributed by atoms with van der Waals surface area (Å²) in [7, 11) is 0. The van der Waals surface area contributed by atoms with Crippen LogP contribution >= 0.6 is 11.6 Å². The number of aryl methyl sites for hydroxylation is 1. The van der Waals surface area contributed by atoms with Crippen molar-refractivity contribution in [2.75, 3.05) is 19.7 Å². The number of likely N-dealkylation sites (tertiary alicyclic amines) is 1. The highest BCUT2D eigenvalue weighted by Gasteiger charge is 2.31. The number of carbonyl (C=O) groups excluding carboxylic acids is 2. The molecule has 0 bridgehead atoms. The number of amides is 1. The summed E-state index contributed by atoms with van der Waals surface area (Å²) in [5.74, 6) is -1.15. The average Bonchev–Trinajstić information content (AvgIpc) is 2.86. The van der Waals surface area contributed by atoms with E-state index in [0.29, 0.717) is 35.7 Å². The summed E-state index contributed by atoms with van der Waals surface area (Å²) in [4.78, 5) is 53.8. The van der Waals surface area contributed by atoms with E-state index in [0.717, 1.165) is 14.8 Å². The first kappa shape index (κ1) is 25.4. The Morgan fingerprint density at radius 3 is 2.47 bits per heavy atom. The molecule has 9 nitrogen and oxygen atoms in total. The second kappa shape index (κ2) is 10.9. The minimum absolute atomic E-state index is 0.0717. The molecule has 1 aromatic heterocycles. The van der Waals surface area contributed by atoms with E-state index in [-0.39, 0.29) is 37.2 Å². The van der Waals surface area contributed by atoms with Crippen molar-refractivity contribution in [3.05, 3.63) is 91.2 Å². The third-order valence-electron chi connectivity index (χ3n) is 6.14. The number of aromatic nitrogens is 3. The lowest BCUT2D eigenvalue weighted by atomic mass is 9.97. The Kier molecular flexibility index (Phi) is 7.69. The molecule has 10 heteroatoms. The molecule has 0 unspecified atom stereocenters. The first-order chi connectivity index (χ1) is 17.3. The van der Waals surface area contributed by atoms with Gasteiger partial charge in [0.1, 0.15) is 0 Å². The molecule has 1 aliphatic heterocycles. The SMILES string of the molecule is CCOC(=O)C1CCN(C(=O)c2nn(-c3cccc(C)c3)c(=O)n(Cc3cccc(Cl)c3)c2=O)CC1. The summed E-state index contributed by atoms with van der Waals surface area (Å²) in [5.41, 5.74) is 0.173. The van der Waals surface area contributed by atoms with Gasteiger partial charge in [0, 0.05) is 18.1 Å². The van der Waals surface area contributed by atoms with E-state index in [1.807, 2.05) is 13.0 Å². The van der Waals surface area contributed by atoms with Gasteiger partial charge in [-0.3, -0.25) is 19.0 Å². The van der Waals surface area contributed by atoms with Crippen molar-refractivity contribution in [2.24, 2.45) is 5.92 Å². The highest BCUT2D eigenvalue weighted by Crippen LogP contribution is 2.20. The van der Waals surface area contributed by atoms with Gasteiger partial charge in [-0.1, -0.05) is 35.9 Å². The molecular weight excluding hydrogens is 484 g/mol. The third-order valence-corrected chi connectivity index (χ3v) is 6.38. The number of hydrogen-bond donors (Lipinski definition) is 0. The average molecular weight is 511 g/mol. The molecule has 1 fully saturated rings. The topological polar surface area (TPSA) is 104 Å². The third kappa shape index (κ3) is 5.41. The van der Waals surface area contributed by atoms with Gasteiger partial charge in [-0.15, -0.1) is 0 Å². The van der Waals surface area contributed by atoms with Crippen LogP contribution < -0.4 is 11.2 Å². The number of piperidine rings is 1. The van der Waals surface area contributed by atoms with Crippen LogP contribution in [0.15, 0.2) is 58.1 Å². The van der Waals surface area contributed by atoms with Crippen LogP contribution in [0.3, 0.4) is 0 Å². The quantitative estimate of drug-likeness (QED) is 0.472. The fourth-order valence-electron chi connectivity index (χ4n) is 4.26. The number of carbonyl (C=O) groups is 2. The largest absolute Gasteiger partial charge is 0.466 e. The molecule has 0 saturated carbocycles. The van der Waals surface area contributed by atoms with Crippen LogP contribution in [0, 0.1) is 12.8 Å². The number of halogens is 1. The first-order valence-corrected chi connectivity index (χ1v) is 12.2. The highest BCUT2D eigenvalue weighted by atomic mass is 35.5. The summed E-state index contributed by atoms with van der Waals surface area (Å²) in [5, 5.41) is 4.69. The van der Waals surface area contributed by atoms with Gasteiger partial charge in [-0.05, 0) is 62.1 Å². The predicted octanol–water partition coefficient (Wildman–Crippen LogP) is 2.82. The lowest BCUT2D eigenvalue weighted by Gasteiger charge is -2.30. The zero-order chi connectivity index (χ0) is 25.8. The van der Waals surface area contributed by atoms with Crippen LogP contribution in [-0.2, 0) is 16.1 Å². The predicted molar refractivity (Wildman–Crippen MR) is 135 cm³/mol. The summed E-state index contributed by atoms with van der Waals surface area (Å²) in [6.45, 7) is 4.41. The van der Waals surface area contributed by atoms with E-state index in [4.69, 9.17) is 16.3 Å². The van der Waals surface area contributed by atoms with Crippen molar-refractivity contribution < 1.29 is 14.3 Å². The molecule has 4 rings (SSSR count). The van der Waals surface area contributed by atoms with Crippen molar-refractivity contribution in [3.63, 3.8) is 0 Å². The maximum atomic E-state index is 13.4. The molecule has 0 aliphatic carbocycles. The van der Waals surface area contributed by atoms with Crippen LogP contribution in [0.2, 0.25) is 5.02 Å². The van der Waals surface area contributed by atoms with Crippen molar-refractivity contribution in [3.8, 4) is 5.69 Å². The Morgan fingerprint density at radius 2 is 1.81 bits per heavy atom. The molecule has 36 heavy (non-hydrogen) atoms. The normalized spacial score (nSPS) is 14.0. The van der Waals surface area contributed by atoms with Crippen molar-refractivity contribution in [1.29, 1.82) is 0 Å². The van der Waals surface area contributed by atoms with Crippen LogP contribution in [0.1, 0.15) is 41.4 Å². The van der Waals surface area contributed by atoms with E-state index < -0.39 is 17.2 Å². The fraction of sp³-hybridized carbons (Fsp3) is 0.346. The zero-order valence-electron chi connectivity index (χ0n) is 20.1. The maximum Gasteiger partial charge on any atom is 0.352 e. The molecule has 0 N–H and O–H groups in total. The second-order valence-electron chi connectivity index (χ2n) is 8.72. The molecule has 1 amide bonds. The number of benzene rings is 2. The molecule has 0 atom stereocenters. The molecule has 3 aromatic rings. The number of esters is 1. The van der Waals surface area contributed by atoms with E-state index in [9.17, 15) is 19.2 Å². The van der Waals surface area contributed by atoms with Gasteiger partial charge >= 0.3 is 11.7 Å². The van der Waals surface area contributed by atoms with Gasteiger partial charge in [0.05, 0.1) is 24.8 Å². The van der Waals surface area contributed by atoms with E-state index >= 15 is 0 Å². The van der Waals surface area contributed by atoms with Gasteiger partial charge in [-0.25, -0.2) is 4.79 Å². The summed E-state index contributed by atoms with van der Waals surface area (Å²) in [6.07, 6.45) is 0.859. The molecule has 0 spiro atoms. The molecule has 1 saturated heterocycles. The Labute approximate surface area is 212 Å². The Morgan fingerprint density at radius 1 is 1.08 bits per heavy atom. The summed E-state index contributed by atoms with van der Waals surface area (Å²) in [6, 6.07) is 13.9. The molecule has 2 heterocycles. The first-order valence-electron chi connectivity index (χ1n) is 11.8. The standard InChI is InChI=1S/C26H27ClN4O5/c1-3-36-25(34)19-10-12-29(13-11-19)23(32)22-24(33)30(16-18-7-5-8-20(27)15-18)26(35)31(28-22)21-9-4-6-17(2)14-21/h4-9,14-15,19H,3,10-13,16H2,1-2H3. The molecule has 1 aliphatic rings. The van der Waals surface area contributed by atoms with E-state index in [2.05, 4.69) is 5.10 Å². The maximum absolute atomic E-state index is 13.4. The van der Waals surface area contributed by atoms with Crippen LogP contribution in [0.5, 0.6) is 0 Å². The number of nitrogens with zero attached hydrogens (tertiary/aromatic N) is 4. The number of ether oxygens (including phenoxy) is 1. The van der Waals surface area contributed by atoms with Crippen LogP contribution in [-0.4, -0.2) is 50.8 Å². The minimum Gasteiger partial charge on any atom is -0.466 e. The monoisotopic (exact) mass is 510 g/mol. The van der Waals surface area contributed by atoms with Crippen molar-refractivity contribution >= 4 is 23.5 Å². The lowest BCUT2D eigenvalue weighted by molar-refractivity contribution is -0.149. The minimum atomic E-state index is -0.776. The van der Waals surface area contributed by atoms with E-state index in [1.54, 1.807) is 49.4 Å². The van der Waals surface area contributed by atoms with Crippen molar-refractivity contribution in [2.45, 2.75) is 33.2 Å². The van der Waals surface area contributed by atoms with Crippen LogP contribution in [0.25, 0.3) is 5.69 Å². The highest BCUT2D eigenvalue weighted by molar-refractivity contribution is 6.30. The lowest BCUT2D eigenvalue weighted by Crippen LogP contribution is -2.48. The van der Waals surface area contributed by atoms with E-state index in [1.165, 1.54) is 4.90 Å². The second-order valence-corrected chi connectivity index (χ2v) is 9.16. The van der Waals surface area contributed by atoms with Gasteiger partial charge in [0.2, 0.25) is 5.69 Å². The van der Waals surface area contributed by atoms with Gasteiger partial charge in [0.25, 0.3) is 11.5 Å². The van der Waals surface area contributed by atoms with Gasteiger partial charge < -0.3 is 9.64 Å². The van der Waals surface area contributed by atoms with Gasteiger partial charge in [0.15, 0.2) is 0 Å². The van der Waals surface area contributed by atoms with Crippen molar-refractivity contribution in [1.82, 2.24) is 19.2 Å². The smallest absolute Gasteiger partial charge is 0.352 e. The number of rotatable bonds is 6. The Bertz CT molecular complexity index is 1410. The molecule has 0 radical (unpaired) electrons.